The fourth-order valence-corrected chi connectivity index (χ4v) is 2.12. The Morgan fingerprint density at radius 2 is 1.89 bits per heavy atom. The van der Waals surface area contributed by atoms with Gasteiger partial charge in [0.05, 0.1) is 6.61 Å². The monoisotopic (exact) mass is 250 g/mol. The van der Waals surface area contributed by atoms with Gasteiger partial charge in [-0.25, -0.2) is 0 Å². The molecule has 0 fully saturated rings. The molecule has 0 unspecified atom stereocenters. The molecule has 1 rings (SSSR count). The van der Waals surface area contributed by atoms with Crippen LogP contribution in [0.5, 0.6) is 0 Å². The Kier molecular flexibility index (Phi) is 8.66. The van der Waals surface area contributed by atoms with Crippen LogP contribution in [0.4, 0.5) is 0 Å². The van der Waals surface area contributed by atoms with E-state index in [4.69, 9.17) is 4.74 Å². The smallest absolute Gasteiger partial charge is 0.115 e. The molecule has 0 saturated carbocycles. The fraction of sp³-hybridized carbons (Fsp3) is 0.688. The van der Waals surface area contributed by atoms with Gasteiger partial charge in [-0.3, -0.25) is 0 Å². The lowest BCUT2D eigenvalue weighted by Crippen LogP contribution is -2.23. The molecule has 0 heterocycles. The Balaban J connectivity index is 1.89. The van der Waals surface area contributed by atoms with E-state index in [0.717, 1.165) is 18.8 Å². The van der Waals surface area contributed by atoms with E-state index in [-0.39, 0.29) is 0 Å². The van der Waals surface area contributed by atoms with Crippen LogP contribution in [0.1, 0.15) is 46.0 Å². The van der Waals surface area contributed by atoms with Gasteiger partial charge >= 0.3 is 0 Å². The molecule has 2 heteroatoms. The summed E-state index contributed by atoms with van der Waals surface area (Å²) in [7, 11) is 0. The van der Waals surface area contributed by atoms with Crippen LogP contribution in [0.25, 0.3) is 0 Å². The Morgan fingerprint density at radius 3 is 2.56 bits per heavy atom. The van der Waals surface area contributed by atoms with Crippen LogP contribution in [-0.2, 0) is 4.74 Å². The number of rotatable bonds is 10. The van der Waals surface area contributed by atoms with Crippen molar-refractivity contribution in [3.63, 3.8) is 0 Å². The molecule has 18 heavy (non-hydrogen) atoms. The van der Waals surface area contributed by atoms with E-state index in [1.807, 2.05) is 6.08 Å². The molecule has 0 saturated heterocycles. The molecule has 0 N–H and O–H groups in total. The van der Waals surface area contributed by atoms with Gasteiger partial charge in [-0.15, -0.1) is 0 Å². The van der Waals surface area contributed by atoms with Crippen molar-refractivity contribution in [2.24, 2.45) is 0 Å². The van der Waals surface area contributed by atoms with Gasteiger partial charge in [-0.1, -0.05) is 32.8 Å². The summed E-state index contributed by atoms with van der Waals surface area (Å²) in [6.07, 6.45) is 14.5. The Bertz CT molecular complexity index is 254. The predicted molar refractivity (Wildman–Crippen MR) is 78.3 cm³/mol. The number of hydrogen-bond donors (Lipinski definition) is 0. The summed E-state index contributed by atoms with van der Waals surface area (Å²) in [6.45, 7) is 8.94. The normalized spacial score (nSPS) is 14.9. The van der Waals surface area contributed by atoms with Gasteiger partial charge in [-0.05, 0) is 57.5 Å². The molecule has 0 aromatic rings. The first-order valence-corrected chi connectivity index (χ1v) is 7.42. The zero-order chi connectivity index (χ0) is 13.1. The van der Waals surface area contributed by atoms with E-state index in [0.29, 0.717) is 0 Å². The molecule has 0 aromatic heterocycles. The molecule has 0 atom stereocenters. The highest BCUT2D eigenvalue weighted by molar-refractivity contribution is 5.21. The van der Waals surface area contributed by atoms with Crippen molar-refractivity contribution >= 4 is 0 Å². The standard InChI is InChI=1S/C16H28NO/c1-3-17(4-2)14-10-5-6-11-15-18-16-12-8-7-9-13-16/h7-8,12-13H,3-6,9-11,14-15H2,1-2H3. The first-order valence-electron chi connectivity index (χ1n) is 7.42. The van der Waals surface area contributed by atoms with Gasteiger partial charge in [0, 0.05) is 0 Å². The summed E-state index contributed by atoms with van der Waals surface area (Å²) in [5.41, 5.74) is 0. The van der Waals surface area contributed by atoms with Crippen molar-refractivity contribution in [2.75, 3.05) is 26.2 Å². The van der Waals surface area contributed by atoms with Crippen LogP contribution in [0.3, 0.4) is 0 Å². The SMILES string of the molecule is CCN(CC)CCCCCCOC1=CC[CH]C=C1. The number of nitrogens with zero attached hydrogens (tertiary/aromatic N) is 1. The van der Waals surface area contributed by atoms with Crippen molar-refractivity contribution < 1.29 is 4.74 Å². The Morgan fingerprint density at radius 1 is 1.11 bits per heavy atom. The third-order valence-electron chi connectivity index (χ3n) is 3.38. The van der Waals surface area contributed by atoms with Gasteiger partial charge in [-0.2, -0.15) is 0 Å². The summed E-state index contributed by atoms with van der Waals surface area (Å²) < 4.78 is 5.70. The van der Waals surface area contributed by atoms with Gasteiger partial charge in [0.25, 0.3) is 0 Å². The third-order valence-corrected chi connectivity index (χ3v) is 3.38. The second-order valence-electron chi connectivity index (χ2n) is 4.73. The minimum atomic E-state index is 0.863. The van der Waals surface area contributed by atoms with Gasteiger partial charge in [0.15, 0.2) is 0 Å². The van der Waals surface area contributed by atoms with E-state index < -0.39 is 0 Å². The first-order chi connectivity index (χ1) is 8.86. The Hall–Kier alpha value is -0.760. The predicted octanol–water partition coefficient (Wildman–Crippen LogP) is 3.95. The average Bonchev–Trinajstić information content (AvgIpc) is 2.43. The Labute approximate surface area is 113 Å². The van der Waals surface area contributed by atoms with Crippen LogP contribution >= 0.6 is 0 Å². The molecule has 1 aliphatic carbocycles. The van der Waals surface area contributed by atoms with Gasteiger partial charge in [0.2, 0.25) is 0 Å². The number of ether oxygens (including phenoxy) is 1. The lowest BCUT2D eigenvalue weighted by Gasteiger charge is -2.17. The van der Waals surface area contributed by atoms with Crippen molar-refractivity contribution in [1.82, 2.24) is 4.90 Å². The minimum Gasteiger partial charge on any atom is -0.494 e. The second kappa shape index (κ2) is 10.2. The lowest BCUT2D eigenvalue weighted by molar-refractivity contribution is 0.214. The topological polar surface area (TPSA) is 12.5 Å². The molecular weight excluding hydrogens is 222 g/mol. The summed E-state index contributed by atoms with van der Waals surface area (Å²) in [5, 5.41) is 0. The van der Waals surface area contributed by atoms with Crippen molar-refractivity contribution in [3.05, 3.63) is 30.4 Å². The molecule has 0 aliphatic heterocycles. The van der Waals surface area contributed by atoms with Crippen LogP contribution in [0, 0.1) is 6.42 Å². The van der Waals surface area contributed by atoms with Crippen LogP contribution in [-0.4, -0.2) is 31.1 Å². The van der Waals surface area contributed by atoms with E-state index in [1.54, 1.807) is 0 Å². The molecule has 0 aromatic carbocycles. The minimum absolute atomic E-state index is 0.863. The molecule has 1 aliphatic rings. The lowest BCUT2D eigenvalue weighted by atomic mass is 10.2. The third kappa shape index (κ3) is 6.85. The highest BCUT2D eigenvalue weighted by Gasteiger charge is 1.99. The van der Waals surface area contributed by atoms with Crippen molar-refractivity contribution in [1.29, 1.82) is 0 Å². The van der Waals surface area contributed by atoms with Crippen LogP contribution in [0.15, 0.2) is 24.0 Å². The zero-order valence-electron chi connectivity index (χ0n) is 12.0. The van der Waals surface area contributed by atoms with Crippen molar-refractivity contribution in [2.45, 2.75) is 46.0 Å². The first kappa shape index (κ1) is 15.3. The largest absolute Gasteiger partial charge is 0.494 e. The molecule has 0 bridgehead atoms. The fourth-order valence-electron chi connectivity index (χ4n) is 2.12. The molecule has 1 radical (unpaired) electrons. The van der Waals surface area contributed by atoms with Crippen LogP contribution in [0.2, 0.25) is 0 Å². The molecular formula is C16H28NO. The van der Waals surface area contributed by atoms with E-state index in [2.05, 4.69) is 37.3 Å². The number of hydrogen-bond acceptors (Lipinski definition) is 2. The zero-order valence-corrected chi connectivity index (χ0v) is 12.0. The van der Waals surface area contributed by atoms with Crippen molar-refractivity contribution in [3.8, 4) is 0 Å². The molecule has 0 amide bonds. The van der Waals surface area contributed by atoms with E-state index >= 15 is 0 Å². The highest BCUT2D eigenvalue weighted by atomic mass is 16.5. The second-order valence-corrected chi connectivity index (χ2v) is 4.73. The number of unbranched alkanes of at least 4 members (excludes halogenated alkanes) is 3. The molecule has 2 nitrogen and oxygen atoms in total. The average molecular weight is 250 g/mol. The molecule has 103 valence electrons. The van der Waals surface area contributed by atoms with Crippen LogP contribution < -0.4 is 0 Å². The van der Waals surface area contributed by atoms with Gasteiger partial charge in [0.1, 0.15) is 5.76 Å². The maximum absolute atomic E-state index is 5.70. The summed E-state index contributed by atoms with van der Waals surface area (Å²) in [6, 6.07) is 0. The van der Waals surface area contributed by atoms with E-state index in [9.17, 15) is 0 Å². The maximum atomic E-state index is 5.70. The highest BCUT2D eigenvalue weighted by Crippen LogP contribution is 2.11. The summed E-state index contributed by atoms with van der Waals surface area (Å²) >= 11 is 0. The number of allylic oxidation sites excluding steroid dienone is 3. The summed E-state index contributed by atoms with van der Waals surface area (Å²) in [5.74, 6) is 1.04. The maximum Gasteiger partial charge on any atom is 0.115 e. The quantitative estimate of drug-likeness (QED) is 0.544. The molecule has 0 spiro atoms. The summed E-state index contributed by atoms with van der Waals surface area (Å²) in [4.78, 5) is 2.49. The van der Waals surface area contributed by atoms with E-state index in [1.165, 1.54) is 45.3 Å². The van der Waals surface area contributed by atoms with Gasteiger partial charge < -0.3 is 9.64 Å².